The zero-order valence-electron chi connectivity index (χ0n) is 12.2. The second kappa shape index (κ2) is 6.07. The molecule has 3 rings (SSSR count). The predicted octanol–water partition coefficient (Wildman–Crippen LogP) is 2.43. The molecule has 0 saturated heterocycles. The third kappa shape index (κ3) is 3.04. The summed E-state index contributed by atoms with van der Waals surface area (Å²) in [5, 5.41) is 9.60. The van der Waals surface area contributed by atoms with Gasteiger partial charge >= 0.3 is 0 Å². The number of aryl methyl sites for hydroxylation is 1. The van der Waals surface area contributed by atoms with Crippen LogP contribution in [0.3, 0.4) is 0 Å². The average Bonchev–Trinajstić information content (AvgIpc) is 3.16. The highest BCUT2D eigenvalue weighted by Gasteiger charge is 2.15. The van der Waals surface area contributed by atoms with Gasteiger partial charge in [-0.1, -0.05) is 0 Å². The Balaban J connectivity index is 1.72. The Hall–Kier alpha value is -2.54. The molecule has 0 fully saturated rings. The smallest absolute Gasteiger partial charge is 0.271 e. The van der Waals surface area contributed by atoms with Gasteiger partial charge in [0, 0.05) is 36.6 Å². The quantitative estimate of drug-likeness (QED) is 0.803. The minimum atomic E-state index is -0.185. The monoisotopic (exact) mass is 313 g/mol. The van der Waals surface area contributed by atoms with E-state index in [2.05, 4.69) is 20.4 Å². The van der Waals surface area contributed by atoms with Gasteiger partial charge in [0.25, 0.3) is 5.91 Å². The van der Waals surface area contributed by atoms with Crippen molar-refractivity contribution in [3.05, 3.63) is 53.6 Å². The fourth-order valence-electron chi connectivity index (χ4n) is 2.05. The molecule has 1 atom stereocenters. The zero-order chi connectivity index (χ0) is 15.5. The van der Waals surface area contributed by atoms with E-state index in [0.717, 1.165) is 16.1 Å². The predicted molar refractivity (Wildman–Crippen MR) is 84.4 cm³/mol. The van der Waals surface area contributed by atoms with E-state index in [4.69, 9.17) is 0 Å². The van der Waals surface area contributed by atoms with Gasteiger partial charge in [0.2, 0.25) is 0 Å². The van der Waals surface area contributed by atoms with Crippen LogP contribution in [0.25, 0.3) is 10.6 Å². The summed E-state index contributed by atoms with van der Waals surface area (Å²) in [6, 6.07) is 3.67. The number of hydrogen-bond acceptors (Lipinski definition) is 5. The second-order valence-electron chi connectivity index (χ2n) is 4.92. The highest BCUT2D eigenvalue weighted by Crippen LogP contribution is 2.23. The standard InChI is InChI=1S/C15H15N5OS/c1-10(11-3-5-16-6-4-11)18-14(21)13-9-22-15(19-13)12-7-17-20(2)8-12/h3-10H,1-2H3,(H,18,21)/t10-/m1/s1. The van der Waals surface area contributed by atoms with Crippen LogP contribution >= 0.6 is 11.3 Å². The van der Waals surface area contributed by atoms with E-state index in [9.17, 15) is 4.79 Å². The molecule has 0 aliphatic heterocycles. The molecule has 1 N–H and O–H groups in total. The molecular formula is C15H15N5OS. The van der Waals surface area contributed by atoms with Crippen LogP contribution in [-0.4, -0.2) is 25.7 Å². The van der Waals surface area contributed by atoms with Crippen molar-refractivity contribution in [2.75, 3.05) is 0 Å². The molecule has 0 aliphatic carbocycles. The summed E-state index contributed by atoms with van der Waals surface area (Å²) in [7, 11) is 1.85. The van der Waals surface area contributed by atoms with Gasteiger partial charge in [0.15, 0.2) is 0 Å². The van der Waals surface area contributed by atoms with Crippen molar-refractivity contribution in [1.29, 1.82) is 0 Å². The lowest BCUT2D eigenvalue weighted by atomic mass is 10.1. The Kier molecular flexibility index (Phi) is 3.97. The van der Waals surface area contributed by atoms with Crippen LogP contribution in [0.15, 0.2) is 42.3 Å². The molecule has 3 aromatic heterocycles. The Labute approximate surface area is 131 Å². The maximum atomic E-state index is 12.3. The maximum absolute atomic E-state index is 12.3. The van der Waals surface area contributed by atoms with E-state index in [-0.39, 0.29) is 11.9 Å². The Morgan fingerprint density at radius 1 is 1.36 bits per heavy atom. The SMILES string of the molecule is C[C@@H](NC(=O)c1csc(-c2cnn(C)c2)n1)c1ccncc1. The largest absolute Gasteiger partial charge is 0.344 e. The lowest BCUT2D eigenvalue weighted by Gasteiger charge is -2.12. The summed E-state index contributed by atoms with van der Waals surface area (Å²) < 4.78 is 1.71. The topological polar surface area (TPSA) is 72.7 Å². The maximum Gasteiger partial charge on any atom is 0.271 e. The molecule has 6 nitrogen and oxygen atoms in total. The molecule has 0 aliphatic rings. The first-order chi connectivity index (χ1) is 10.6. The minimum absolute atomic E-state index is 0.0981. The molecule has 1 amide bonds. The van der Waals surface area contributed by atoms with E-state index in [1.54, 1.807) is 28.7 Å². The number of nitrogens with one attached hydrogen (secondary N) is 1. The number of pyridine rings is 1. The minimum Gasteiger partial charge on any atom is -0.344 e. The molecule has 0 saturated carbocycles. The van der Waals surface area contributed by atoms with E-state index in [1.807, 2.05) is 32.3 Å². The highest BCUT2D eigenvalue weighted by atomic mass is 32.1. The van der Waals surface area contributed by atoms with E-state index < -0.39 is 0 Å². The molecular weight excluding hydrogens is 298 g/mol. The van der Waals surface area contributed by atoms with Crippen molar-refractivity contribution in [3.8, 4) is 10.6 Å². The summed E-state index contributed by atoms with van der Waals surface area (Å²) >= 11 is 1.43. The van der Waals surface area contributed by atoms with Crippen LogP contribution in [-0.2, 0) is 7.05 Å². The Morgan fingerprint density at radius 2 is 2.14 bits per heavy atom. The van der Waals surface area contributed by atoms with Gasteiger partial charge in [-0.15, -0.1) is 11.3 Å². The third-order valence-electron chi connectivity index (χ3n) is 3.24. The molecule has 0 bridgehead atoms. The normalized spacial score (nSPS) is 12.1. The van der Waals surface area contributed by atoms with Gasteiger partial charge < -0.3 is 5.32 Å². The Bertz CT molecular complexity index is 780. The fraction of sp³-hybridized carbons (Fsp3) is 0.200. The van der Waals surface area contributed by atoms with Crippen molar-refractivity contribution < 1.29 is 4.79 Å². The highest BCUT2D eigenvalue weighted by molar-refractivity contribution is 7.13. The van der Waals surface area contributed by atoms with Crippen molar-refractivity contribution in [2.45, 2.75) is 13.0 Å². The van der Waals surface area contributed by atoms with Crippen LogP contribution < -0.4 is 5.32 Å². The molecule has 3 heterocycles. The average molecular weight is 313 g/mol. The Morgan fingerprint density at radius 3 is 2.82 bits per heavy atom. The van der Waals surface area contributed by atoms with Gasteiger partial charge in [0.1, 0.15) is 10.7 Å². The number of carbonyl (C=O) groups is 1. The number of rotatable bonds is 4. The number of hydrogen-bond donors (Lipinski definition) is 1. The van der Waals surface area contributed by atoms with Crippen LogP contribution in [0.5, 0.6) is 0 Å². The van der Waals surface area contributed by atoms with E-state index in [0.29, 0.717) is 5.69 Å². The van der Waals surface area contributed by atoms with Crippen LogP contribution in [0.1, 0.15) is 29.0 Å². The molecule has 0 radical (unpaired) electrons. The molecule has 22 heavy (non-hydrogen) atoms. The number of carbonyl (C=O) groups excluding carboxylic acids is 1. The summed E-state index contributed by atoms with van der Waals surface area (Å²) in [6.07, 6.45) is 7.03. The summed E-state index contributed by atoms with van der Waals surface area (Å²) in [5.74, 6) is -0.185. The van der Waals surface area contributed by atoms with E-state index >= 15 is 0 Å². The zero-order valence-corrected chi connectivity index (χ0v) is 13.0. The summed E-state index contributed by atoms with van der Waals surface area (Å²) in [5.41, 5.74) is 2.34. The molecule has 7 heteroatoms. The van der Waals surface area contributed by atoms with Crippen molar-refractivity contribution in [1.82, 2.24) is 25.1 Å². The van der Waals surface area contributed by atoms with Crippen LogP contribution in [0.2, 0.25) is 0 Å². The molecule has 0 aromatic carbocycles. The number of amides is 1. The first kappa shape index (κ1) is 14.4. The summed E-state index contributed by atoms with van der Waals surface area (Å²) in [4.78, 5) is 20.6. The molecule has 112 valence electrons. The first-order valence-electron chi connectivity index (χ1n) is 6.79. The third-order valence-corrected chi connectivity index (χ3v) is 4.13. The van der Waals surface area contributed by atoms with Gasteiger partial charge in [-0.2, -0.15) is 5.10 Å². The first-order valence-corrected chi connectivity index (χ1v) is 7.67. The van der Waals surface area contributed by atoms with E-state index in [1.165, 1.54) is 11.3 Å². The van der Waals surface area contributed by atoms with Crippen LogP contribution in [0.4, 0.5) is 0 Å². The fourth-order valence-corrected chi connectivity index (χ4v) is 2.82. The van der Waals surface area contributed by atoms with Gasteiger partial charge in [-0.3, -0.25) is 14.5 Å². The van der Waals surface area contributed by atoms with Crippen LogP contribution in [0, 0.1) is 0 Å². The lowest BCUT2D eigenvalue weighted by Crippen LogP contribution is -2.26. The van der Waals surface area contributed by atoms with Gasteiger partial charge in [-0.25, -0.2) is 4.98 Å². The lowest BCUT2D eigenvalue weighted by molar-refractivity contribution is 0.0935. The van der Waals surface area contributed by atoms with Gasteiger partial charge in [0.05, 0.1) is 12.2 Å². The molecule has 0 spiro atoms. The van der Waals surface area contributed by atoms with Crippen molar-refractivity contribution >= 4 is 17.2 Å². The second-order valence-corrected chi connectivity index (χ2v) is 5.77. The van der Waals surface area contributed by atoms with Crippen molar-refractivity contribution in [3.63, 3.8) is 0 Å². The van der Waals surface area contributed by atoms with Crippen molar-refractivity contribution in [2.24, 2.45) is 7.05 Å². The number of thiazole rings is 1. The van der Waals surface area contributed by atoms with Gasteiger partial charge in [-0.05, 0) is 24.6 Å². The molecule has 3 aromatic rings. The summed E-state index contributed by atoms with van der Waals surface area (Å²) in [6.45, 7) is 1.93. The number of aromatic nitrogens is 4. The molecule has 0 unspecified atom stereocenters. The number of nitrogens with zero attached hydrogens (tertiary/aromatic N) is 4.